The lowest BCUT2D eigenvalue weighted by Gasteiger charge is -2.09. The van der Waals surface area contributed by atoms with Crippen LogP contribution < -0.4 is 5.32 Å². The van der Waals surface area contributed by atoms with Crippen molar-refractivity contribution in [2.24, 2.45) is 0 Å². The molecule has 0 atom stereocenters. The van der Waals surface area contributed by atoms with Crippen molar-refractivity contribution in [1.29, 1.82) is 0 Å². The highest BCUT2D eigenvalue weighted by atomic mass is 32.2. The van der Waals surface area contributed by atoms with E-state index in [1.54, 1.807) is 50.6 Å². The Bertz CT molecular complexity index is 731. The van der Waals surface area contributed by atoms with E-state index in [-0.39, 0.29) is 17.2 Å². The van der Waals surface area contributed by atoms with Crippen LogP contribution in [0.15, 0.2) is 52.2 Å². The number of nitrogens with one attached hydrogen (secondary N) is 1. The number of hydrogen-bond donors (Lipinski definition) is 1. The molecule has 0 radical (unpaired) electrons. The van der Waals surface area contributed by atoms with Gasteiger partial charge in [-0.1, -0.05) is 12.1 Å². The second-order valence-electron chi connectivity index (χ2n) is 5.65. The van der Waals surface area contributed by atoms with Crippen LogP contribution in [0.4, 0.5) is 0 Å². The monoisotopic (exact) mass is 335 g/mol. The molecule has 2 aromatic rings. The number of sulfone groups is 1. The van der Waals surface area contributed by atoms with E-state index in [0.717, 1.165) is 11.1 Å². The predicted molar refractivity (Wildman–Crippen MR) is 87.9 cm³/mol. The third-order valence-electron chi connectivity index (χ3n) is 3.55. The van der Waals surface area contributed by atoms with E-state index in [4.69, 9.17) is 4.42 Å². The van der Waals surface area contributed by atoms with Crippen LogP contribution in [0.2, 0.25) is 0 Å². The first-order valence-electron chi connectivity index (χ1n) is 7.50. The van der Waals surface area contributed by atoms with E-state index in [9.17, 15) is 13.2 Å². The lowest BCUT2D eigenvalue weighted by molar-refractivity contribution is -0.120. The molecule has 124 valence electrons. The predicted octanol–water partition coefficient (Wildman–Crippen LogP) is 2.36. The zero-order valence-electron chi connectivity index (χ0n) is 13.3. The van der Waals surface area contributed by atoms with Crippen molar-refractivity contribution in [2.45, 2.75) is 36.8 Å². The molecule has 0 unspecified atom stereocenters. The van der Waals surface area contributed by atoms with Crippen molar-refractivity contribution in [1.82, 2.24) is 5.32 Å². The van der Waals surface area contributed by atoms with Gasteiger partial charge in [0.25, 0.3) is 0 Å². The lowest BCUT2D eigenvalue weighted by Crippen LogP contribution is -2.27. The van der Waals surface area contributed by atoms with E-state index in [0.29, 0.717) is 13.0 Å². The summed E-state index contributed by atoms with van der Waals surface area (Å²) in [6, 6.07) is 8.35. The van der Waals surface area contributed by atoms with Gasteiger partial charge in [-0.15, -0.1) is 0 Å². The Morgan fingerprint density at radius 3 is 2.39 bits per heavy atom. The first-order valence-corrected chi connectivity index (χ1v) is 9.05. The highest BCUT2D eigenvalue weighted by Crippen LogP contribution is 2.16. The van der Waals surface area contributed by atoms with Gasteiger partial charge in [-0.2, -0.15) is 0 Å². The third kappa shape index (κ3) is 4.69. The number of carbonyl (C=O) groups excluding carboxylic acids is 1. The van der Waals surface area contributed by atoms with Crippen LogP contribution in [0, 0.1) is 0 Å². The van der Waals surface area contributed by atoms with E-state index in [2.05, 4.69) is 5.32 Å². The molecule has 1 aromatic heterocycles. The Balaban J connectivity index is 1.87. The molecule has 1 aromatic carbocycles. The third-order valence-corrected chi connectivity index (χ3v) is 5.72. The Kier molecular flexibility index (Phi) is 5.60. The van der Waals surface area contributed by atoms with Crippen molar-refractivity contribution in [2.75, 3.05) is 6.54 Å². The second-order valence-corrected chi connectivity index (χ2v) is 8.15. The summed E-state index contributed by atoms with van der Waals surface area (Å²) in [6.07, 6.45) is 4.20. The molecule has 23 heavy (non-hydrogen) atoms. The van der Waals surface area contributed by atoms with Crippen LogP contribution in [-0.4, -0.2) is 26.1 Å². The maximum atomic E-state index is 12.0. The van der Waals surface area contributed by atoms with Crippen LogP contribution in [0.25, 0.3) is 0 Å². The molecular formula is C17H21NO4S. The normalized spacial score (nSPS) is 11.6. The smallest absolute Gasteiger partial charge is 0.224 e. The van der Waals surface area contributed by atoms with Crippen molar-refractivity contribution in [3.63, 3.8) is 0 Å². The van der Waals surface area contributed by atoms with Gasteiger partial charge < -0.3 is 9.73 Å². The first kappa shape index (κ1) is 17.3. The number of benzene rings is 1. The van der Waals surface area contributed by atoms with Crippen molar-refractivity contribution in [3.05, 3.63) is 54.0 Å². The highest BCUT2D eigenvalue weighted by Gasteiger charge is 2.18. The molecular weight excluding hydrogens is 314 g/mol. The molecule has 0 aliphatic carbocycles. The zero-order valence-corrected chi connectivity index (χ0v) is 14.1. The van der Waals surface area contributed by atoms with Crippen LogP contribution in [0.1, 0.15) is 25.0 Å². The number of hydrogen-bond acceptors (Lipinski definition) is 4. The Morgan fingerprint density at radius 1 is 1.13 bits per heavy atom. The topological polar surface area (TPSA) is 76.4 Å². The number of furan rings is 1. The van der Waals surface area contributed by atoms with Gasteiger partial charge >= 0.3 is 0 Å². The zero-order chi connectivity index (χ0) is 16.9. The minimum atomic E-state index is -3.27. The van der Waals surface area contributed by atoms with E-state index >= 15 is 0 Å². The van der Waals surface area contributed by atoms with Gasteiger partial charge in [0.2, 0.25) is 5.91 Å². The summed E-state index contributed by atoms with van der Waals surface area (Å²) in [5.74, 6) is -0.0899. The largest absolute Gasteiger partial charge is 0.472 e. The fraction of sp³-hybridized carbons (Fsp3) is 0.353. The Morgan fingerprint density at radius 2 is 1.83 bits per heavy atom. The molecule has 0 fully saturated rings. The van der Waals surface area contributed by atoms with Crippen molar-refractivity contribution >= 4 is 15.7 Å². The van der Waals surface area contributed by atoms with E-state index < -0.39 is 15.1 Å². The molecule has 1 N–H and O–H groups in total. The van der Waals surface area contributed by atoms with Gasteiger partial charge in [-0.05, 0) is 49.6 Å². The van der Waals surface area contributed by atoms with Gasteiger partial charge in [0.05, 0.1) is 29.1 Å². The van der Waals surface area contributed by atoms with Crippen LogP contribution in [0.3, 0.4) is 0 Å². The van der Waals surface area contributed by atoms with E-state index in [1.165, 1.54) is 0 Å². The standard InChI is InChI=1S/C17H21NO4S/c1-13(2)23(20,21)16-5-3-14(4-6-16)11-17(19)18-9-7-15-8-10-22-12-15/h3-6,8,10,12-13H,7,9,11H2,1-2H3,(H,18,19). The van der Waals surface area contributed by atoms with Crippen molar-refractivity contribution < 1.29 is 17.6 Å². The van der Waals surface area contributed by atoms with Crippen LogP contribution >= 0.6 is 0 Å². The average Bonchev–Trinajstić information content (AvgIpc) is 3.01. The quantitative estimate of drug-likeness (QED) is 0.843. The second kappa shape index (κ2) is 7.46. The van der Waals surface area contributed by atoms with E-state index in [1.807, 2.05) is 6.07 Å². The van der Waals surface area contributed by atoms with Crippen molar-refractivity contribution in [3.8, 4) is 0 Å². The molecule has 5 nitrogen and oxygen atoms in total. The molecule has 1 heterocycles. The summed E-state index contributed by atoms with van der Waals surface area (Å²) in [4.78, 5) is 12.2. The maximum absolute atomic E-state index is 12.0. The van der Waals surface area contributed by atoms with Gasteiger partial charge in [0.15, 0.2) is 9.84 Å². The minimum Gasteiger partial charge on any atom is -0.472 e. The van der Waals surface area contributed by atoms with Gasteiger partial charge in [0.1, 0.15) is 0 Å². The molecule has 2 rings (SSSR count). The first-order chi connectivity index (χ1) is 10.9. The van der Waals surface area contributed by atoms with Crippen LogP contribution in [-0.2, 0) is 27.5 Å². The molecule has 6 heteroatoms. The Labute approximate surface area is 136 Å². The summed E-state index contributed by atoms with van der Waals surface area (Å²) in [5, 5.41) is 2.37. The van der Waals surface area contributed by atoms with Crippen LogP contribution in [0.5, 0.6) is 0 Å². The molecule has 0 aliphatic rings. The number of rotatable bonds is 7. The molecule has 0 saturated carbocycles. The minimum absolute atomic E-state index is 0.0899. The fourth-order valence-electron chi connectivity index (χ4n) is 2.10. The van der Waals surface area contributed by atoms with Gasteiger partial charge in [-0.25, -0.2) is 8.42 Å². The molecule has 0 bridgehead atoms. The molecule has 1 amide bonds. The molecule has 0 aliphatic heterocycles. The summed E-state index contributed by atoms with van der Waals surface area (Å²) in [5.41, 5.74) is 1.82. The maximum Gasteiger partial charge on any atom is 0.224 e. The molecule has 0 spiro atoms. The highest BCUT2D eigenvalue weighted by molar-refractivity contribution is 7.92. The number of carbonyl (C=O) groups is 1. The van der Waals surface area contributed by atoms with Gasteiger partial charge in [-0.3, -0.25) is 4.79 Å². The lowest BCUT2D eigenvalue weighted by atomic mass is 10.1. The summed E-state index contributed by atoms with van der Waals surface area (Å²) in [6.45, 7) is 3.84. The van der Waals surface area contributed by atoms with Gasteiger partial charge in [0, 0.05) is 6.54 Å². The Hall–Kier alpha value is -2.08. The summed E-state index contributed by atoms with van der Waals surface area (Å²) >= 11 is 0. The summed E-state index contributed by atoms with van der Waals surface area (Å²) in [7, 11) is -3.27. The fourth-order valence-corrected chi connectivity index (χ4v) is 3.16. The summed E-state index contributed by atoms with van der Waals surface area (Å²) < 4.78 is 29.0. The SMILES string of the molecule is CC(C)S(=O)(=O)c1ccc(CC(=O)NCCc2ccoc2)cc1. The number of amides is 1. The average molecular weight is 335 g/mol. The molecule has 0 saturated heterocycles.